The molecule has 0 amide bonds. The number of furan rings is 1. The Balaban J connectivity index is 2.48. The molecule has 1 atom stereocenters. The van der Waals surface area contributed by atoms with Crippen molar-refractivity contribution >= 4 is 0 Å². The molecule has 0 aliphatic carbocycles. The molecule has 0 saturated heterocycles. The van der Waals surface area contributed by atoms with Gasteiger partial charge in [0.05, 0.1) is 17.9 Å². The van der Waals surface area contributed by atoms with Gasteiger partial charge in [-0.15, -0.1) is 0 Å². The lowest BCUT2D eigenvalue weighted by molar-refractivity contribution is -0.138. The predicted molar refractivity (Wildman–Crippen MR) is 63.5 cm³/mol. The van der Waals surface area contributed by atoms with Crippen molar-refractivity contribution < 1.29 is 17.6 Å². The van der Waals surface area contributed by atoms with Crippen molar-refractivity contribution in [1.82, 2.24) is 10.3 Å². The van der Waals surface area contributed by atoms with Gasteiger partial charge in [0.15, 0.2) is 0 Å². The SMILES string of the molecule is CCNC(c1ccco1)c1cnccc1C(F)(F)F. The van der Waals surface area contributed by atoms with E-state index in [1.54, 1.807) is 12.1 Å². The number of rotatable bonds is 4. The summed E-state index contributed by atoms with van der Waals surface area (Å²) < 4.78 is 44.2. The average Bonchev–Trinajstić information content (AvgIpc) is 2.88. The van der Waals surface area contributed by atoms with Gasteiger partial charge in [-0.1, -0.05) is 6.92 Å². The molecule has 0 aromatic carbocycles. The molecule has 3 nitrogen and oxygen atoms in total. The fourth-order valence-electron chi connectivity index (χ4n) is 1.92. The van der Waals surface area contributed by atoms with Gasteiger partial charge in [-0.25, -0.2) is 0 Å². The van der Waals surface area contributed by atoms with Crippen molar-refractivity contribution in [2.45, 2.75) is 19.1 Å². The van der Waals surface area contributed by atoms with E-state index in [2.05, 4.69) is 10.3 Å². The summed E-state index contributed by atoms with van der Waals surface area (Å²) in [6.45, 7) is 2.33. The monoisotopic (exact) mass is 270 g/mol. The van der Waals surface area contributed by atoms with Crippen LogP contribution in [0.25, 0.3) is 0 Å². The standard InChI is InChI=1S/C13H13F3N2O/c1-2-18-12(11-4-3-7-19-11)9-8-17-6-5-10(9)13(14,15)16/h3-8,12,18H,2H2,1H3. The van der Waals surface area contributed by atoms with E-state index in [0.29, 0.717) is 12.3 Å². The van der Waals surface area contributed by atoms with Crippen LogP contribution in [0.5, 0.6) is 0 Å². The molecule has 0 saturated carbocycles. The lowest BCUT2D eigenvalue weighted by atomic mass is 10.0. The molecule has 0 fully saturated rings. The summed E-state index contributed by atoms with van der Waals surface area (Å²) >= 11 is 0. The van der Waals surface area contributed by atoms with Crippen molar-refractivity contribution in [1.29, 1.82) is 0 Å². The first-order valence-electron chi connectivity index (χ1n) is 5.82. The molecule has 2 aromatic heterocycles. The van der Waals surface area contributed by atoms with Gasteiger partial charge in [0.1, 0.15) is 5.76 Å². The Morgan fingerprint density at radius 1 is 1.37 bits per heavy atom. The van der Waals surface area contributed by atoms with Crippen molar-refractivity contribution in [3.05, 3.63) is 53.7 Å². The summed E-state index contributed by atoms with van der Waals surface area (Å²) in [4.78, 5) is 3.79. The molecule has 0 aliphatic rings. The third-order valence-corrected chi connectivity index (χ3v) is 2.70. The highest BCUT2D eigenvalue weighted by atomic mass is 19.4. The maximum absolute atomic E-state index is 13.0. The zero-order valence-corrected chi connectivity index (χ0v) is 10.2. The van der Waals surface area contributed by atoms with Crippen LogP contribution in [-0.4, -0.2) is 11.5 Å². The van der Waals surface area contributed by atoms with Crippen LogP contribution in [0, 0.1) is 0 Å². The minimum absolute atomic E-state index is 0.0619. The molecule has 19 heavy (non-hydrogen) atoms. The number of nitrogens with one attached hydrogen (secondary N) is 1. The Morgan fingerprint density at radius 3 is 2.74 bits per heavy atom. The third-order valence-electron chi connectivity index (χ3n) is 2.70. The Kier molecular flexibility index (Phi) is 3.90. The molecule has 102 valence electrons. The van der Waals surface area contributed by atoms with E-state index in [0.717, 1.165) is 12.3 Å². The molecule has 2 aromatic rings. The lowest BCUT2D eigenvalue weighted by Crippen LogP contribution is -2.24. The number of hydrogen-bond acceptors (Lipinski definition) is 3. The van der Waals surface area contributed by atoms with E-state index in [1.807, 2.05) is 6.92 Å². The van der Waals surface area contributed by atoms with Gasteiger partial charge in [-0.2, -0.15) is 13.2 Å². The maximum atomic E-state index is 13.0. The number of pyridine rings is 1. The van der Waals surface area contributed by atoms with E-state index in [4.69, 9.17) is 4.42 Å². The predicted octanol–water partition coefficient (Wildman–Crippen LogP) is 3.39. The normalized spacial score (nSPS) is 13.5. The van der Waals surface area contributed by atoms with Crippen LogP contribution >= 0.6 is 0 Å². The summed E-state index contributed by atoms with van der Waals surface area (Å²) in [5.41, 5.74) is -0.642. The minimum Gasteiger partial charge on any atom is -0.467 e. The Morgan fingerprint density at radius 2 is 2.16 bits per heavy atom. The number of alkyl halides is 3. The molecule has 0 radical (unpaired) electrons. The molecule has 0 bridgehead atoms. The number of hydrogen-bond donors (Lipinski definition) is 1. The average molecular weight is 270 g/mol. The van der Waals surface area contributed by atoms with Crippen LogP contribution in [0.2, 0.25) is 0 Å². The summed E-state index contributed by atoms with van der Waals surface area (Å²) in [5, 5.41) is 2.98. The van der Waals surface area contributed by atoms with Gasteiger partial charge < -0.3 is 9.73 Å². The van der Waals surface area contributed by atoms with Crippen LogP contribution in [0.15, 0.2) is 41.3 Å². The van der Waals surface area contributed by atoms with Gasteiger partial charge in [0.2, 0.25) is 0 Å². The highest BCUT2D eigenvalue weighted by Crippen LogP contribution is 2.36. The molecule has 0 aliphatic heterocycles. The first-order valence-corrected chi connectivity index (χ1v) is 5.82. The Bertz CT molecular complexity index is 523. The van der Waals surface area contributed by atoms with Gasteiger partial charge in [-0.05, 0) is 24.7 Å². The molecule has 2 heterocycles. The second kappa shape index (κ2) is 5.44. The molecular formula is C13H13F3N2O. The van der Waals surface area contributed by atoms with Gasteiger partial charge in [-0.3, -0.25) is 4.98 Å². The molecule has 2 rings (SSSR count). The molecule has 1 unspecified atom stereocenters. The number of halogens is 3. The topological polar surface area (TPSA) is 38.1 Å². The van der Waals surface area contributed by atoms with Crippen molar-refractivity contribution in [3.8, 4) is 0 Å². The summed E-state index contributed by atoms with van der Waals surface area (Å²) in [6, 6.07) is 3.59. The summed E-state index contributed by atoms with van der Waals surface area (Å²) in [5.74, 6) is 0.431. The molecule has 1 N–H and O–H groups in total. The Hall–Kier alpha value is -1.82. The van der Waals surface area contributed by atoms with Crippen molar-refractivity contribution in [2.75, 3.05) is 6.54 Å². The first kappa shape index (κ1) is 13.6. The highest BCUT2D eigenvalue weighted by molar-refractivity contribution is 5.33. The third kappa shape index (κ3) is 2.96. The summed E-state index contributed by atoms with van der Waals surface area (Å²) in [6.07, 6.45) is -0.627. The van der Waals surface area contributed by atoms with Crippen LogP contribution in [0.3, 0.4) is 0 Å². The minimum atomic E-state index is -4.42. The van der Waals surface area contributed by atoms with E-state index in [9.17, 15) is 13.2 Å². The maximum Gasteiger partial charge on any atom is 0.416 e. The van der Waals surface area contributed by atoms with Crippen molar-refractivity contribution in [2.24, 2.45) is 0 Å². The van der Waals surface area contributed by atoms with E-state index in [-0.39, 0.29) is 5.56 Å². The fraction of sp³-hybridized carbons (Fsp3) is 0.308. The van der Waals surface area contributed by atoms with E-state index in [1.165, 1.54) is 12.5 Å². The van der Waals surface area contributed by atoms with Crippen LogP contribution in [0.1, 0.15) is 29.9 Å². The van der Waals surface area contributed by atoms with Gasteiger partial charge in [0, 0.05) is 18.0 Å². The van der Waals surface area contributed by atoms with Crippen LogP contribution < -0.4 is 5.32 Å². The van der Waals surface area contributed by atoms with Crippen LogP contribution in [-0.2, 0) is 6.18 Å². The van der Waals surface area contributed by atoms with Crippen LogP contribution in [0.4, 0.5) is 13.2 Å². The number of aromatic nitrogens is 1. The zero-order chi connectivity index (χ0) is 13.9. The smallest absolute Gasteiger partial charge is 0.416 e. The van der Waals surface area contributed by atoms with Gasteiger partial charge >= 0.3 is 6.18 Å². The zero-order valence-electron chi connectivity index (χ0n) is 10.2. The van der Waals surface area contributed by atoms with Crippen molar-refractivity contribution in [3.63, 3.8) is 0 Å². The molecular weight excluding hydrogens is 257 g/mol. The Labute approximate surface area is 108 Å². The highest BCUT2D eigenvalue weighted by Gasteiger charge is 2.36. The van der Waals surface area contributed by atoms with E-state index >= 15 is 0 Å². The lowest BCUT2D eigenvalue weighted by Gasteiger charge is -2.20. The second-order valence-corrected chi connectivity index (χ2v) is 3.97. The molecule has 0 spiro atoms. The largest absolute Gasteiger partial charge is 0.467 e. The quantitative estimate of drug-likeness (QED) is 0.925. The van der Waals surface area contributed by atoms with E-state index < -0.39 is 17.8 Å². The van der Waals surface area contributed by atoms with Gasteiger partial charge in [0.25, 0.3) is 0 Å². The fourth-order valence-corrected chi connectivity index (χ4v) is 1.92. The molecule has 6 heteroatoms. The second-order valence-electron chi connectivity index (χ2n) is 3.97. The first-order chi connectivity index (χ1) is 9.04. The number of nitrogens with zero attached hydrogens (tertiary/aromatic N) is 1. The summed E-state index contributed by atoms with van der Waals surface area (Å²) in [7, 11) is 0.